The average Bonchev–Trinajstić information content (AvgIpc) is 2.58. The van der Waals surface area contributed by atoms with Gasteiger partial charge in [-0.3, -0.25) is 10.1 Å². The lowest BCUT2D eigenvalue weighted by atomic mass is 9.79. The number of aliphatic imine (C=N–C) groups is 1. The van der Waals surface area contributed by atoms with Crippen molar-refractivity contribution in [3.05, 3.63) is 0 Å². The maximum Gasteiger partial charge on any atom is 0.251 e. The summed E-state index contributed by atoms with van der Waals surface area (Å²) in [6, 6.07) is 0.150. The van der Waals surface area contributed by atoms with Crippen LogP contribution < -0.4 is 10.6 Å². The second kappa shape index (κ2) is 5.07. The number of nitrogens with one attached hydrogen (secondary N) is 2. The first-order valence-corrected chi connectivity index (χ1v) is 6.71. The molecule has 3 unspecified atom stereocenters. The van der Waals surface area contributed by atoms with Crippen LogP contribution in [0, 0.1) is 11.8 Å². The van der Waals surface area contributed by atoms with Crippen molar-refractivity contribution in [3.63, 3.8) is 0 Å². The third kappa shape index (κ3) is 2.99. The molecule has 1 amide bonds. The number of carbonyl (C=O) groups excluding carboxylic acids is 1. The van der Waals surface area contributed by atoms with E-state index in [9.17, 15) is 4.79 Å². The maximum atomic E-state index is 11.9. The summed E-state index contributed by atoms with van der Waals surface area (Å²) in [6.07, 6.45) is 4.81. The van der Waals surface area contributed by atoms with E-state index in [0.717, 1.165) is 18.8 Å². The molecule has 1 saturated carbocycles. The number of rotatable bonds is 2. The topological polar surface area (TPSA) is 53.5 Å². The van der Waals surface area contributed by atoms with Gasteiger partial charge in [-0.05, 0) is 38.5 Å². The summed E-state index contributed by atoms with van der Waals surface area (Å²) in [6.45, 7) is 6.37. The van der Waals surface area contributed by atoms with Crippen LogP contribution in [0.1, 0.15) is 46.5 Å². The normalized spacial score (nSPS) is 33.5. The molecule has 96 valence electrons. The quantitative estimate of drug-likeness (QED) is 0.767. The van der Waals surface area contributed by atoms with Gasteiger partial charge in [0.05, 0.1) is 0 Å². The Balaban J connectivity index is 2.00. The van der Waals surface area contributed by atoms with Crippen molar-refractivity contribution >= 4 is 11.9 Å². The van der Waals surface area contributed by atoms with E-state index in [-0.39, 0.29) is 11.9 Å². The van der Waals surface area contributed by atoms with E-state index in [1.165, 1.54) is 12.8 Å². The zero-order valence-electron chi connectivity index (χ0n) is 11.0. The van der Waals surface area contributed by atoms with Crippen molar-refractivity contribution in [3.8, 4) is 0 Å². The number of hydrogen-bond acceptors (Lipinski definition) is 3. The van der Waals surface area contributed by atoms with Gasteiger partial charge in [0, 0.05) is 6.04 Å². The molecule has 1 heterocycles. The Morgan fingerprint density at radius 2 is 2.18 bits per heavy atom. The Kier molecular flexibility index (Phi) is 3.69. The zero-order chi connectivity index (χ0) is 12.4. The van der Waals surface area contributed by atoms with Crippen LogP contribution in [-0.4, -0.2) is 24.0 Å². The molecule has 3 atom stereocenters. The molecule has 0 spiro atoms. The number of nitrogens with zero attached hydrogens (tertiary/aromatic N) is 1. The smallest absolute Gasteiger partial charge is 0.251 e. The third-order valence-electron chi connectivity index (χ3n) is 3.63. The lowest BCUT2D eigenvalue weighted by molar-refractivity contribution is -0.121. The number of guanidine groups is 1. The minimum absolute atomic E-state index is 0.0762. The second-order valence-electron chi connectivity index (χ2n) is 5.74. The lowest BCUT2D eigenvalue weighted by Gasteiger charge is -2.28. The summed E-state index contributed by atoms with van der Waals surface area (Å²) < 4.78 is 0. The summed E-state index contributed by atoms with van der Waals surface area (Å²) in [5.41, 5.74) is 0. The third-order valence-corrected chi connectivity index (χ3v) is 3.63. The molecule has 0 saturated heterocycles. The van der Waals surface area contributed by atoms with Crippen LogP contribution in [0.4, 0.5) is 0 Å². The molecule has 2 N–H and O–H groups in total. The van der Waals surface area contributed by atoms with E-state index in [2.05, 4.69) is 22.5 Å². The Labute approximate surface area is 103 Å². The van der Waals surface area contributed by atoms with Gasteiger partial charge in [0.2, 0.25) is 0 Å². The van der Waals surface area contributed by atoms with E-state index in [1.807, 2.05) is 13.8 Å². The molecular formula is C13H23N3O. The van der Waals surface area contributed by atoms with Crippen molar-refractivity contribution in [2.45, 2.75) is 58.5 Å². The monoisotopic (exact) mass is 237 g/mol. The van der Waals surface area contributed by atoms with Crippen LogP contribution in [0.15, 0.2) is 4.99 Å². The van der Waals surface area contributed by atoms with Gasteiger partial charge in [0.25, 0.3) is 5.91 Å². The highest BCUT2D eigenvalue weighted by atomic mass is 16.2. The van der Waals surface area contributed by atoms with E-state index < -0.39 is 0 Å². The molecule has 0 aromatic rings. The summed E-state index contributed by atoms with van der Waals surface area (Å²) in [7, 11) is 0. The second-order valence-corrected chi connectivity index (χ2v) is 5.74. The molecule has 2 aliphatic rings. The molecule has 0 radical (unpaired) electrons. The summed E-state index contributed by atoms with van der Waals surface area (Å²) >= 11 is 0. The van der Waals surface area contributed by atoms with Gasteiger partial charge in [-0.2, -0.15) is 0 Å². The summed E-state index contributed by atoms with van der Waals surface area (Å²) in [5, 5.41) is 6.02. The Morgan fingerprint density at radius 3 is 2.82 bits per heavy atom. The molecule has 4 nitrogen and oxygen atoms in total. The van der Waals surface area contributed by atoms with Crippen LogP contribution in [-0.2, 0) is 4.79 Å². The van der Waals surface area contributed by atoms with E-state index in [1.54, 1.807) is 0 Å². The fourth-order valence-electron chi connectivity index (χ4n) is 2.85. The minimum atomic E-state index is -0.154. The highest BCUT2D eigenvalue weighted by Gasteiger charge is 2.35. The van der Waals surface area contributed by atoms with Crippen LogP contribution in [0.5, 0.6) is 0 Å². The molecule has 1 aliphatic carbocycles. The van der Waals surface area contributed by atoms with Gasteiger partial charge < -0.3 is 5.32 Å². The van der Waals surface area contributed by atoms with Gasteiger partial charge in [-0.25, -0.2) is 4.99 Å². The average molecular weight is 237 g/mol. The molecule has 2 rings (SSSR count). The fraction of sp³-hybridized carbons (Fsp3) is 0.846. The highest BCUT2D eigenvalue weighted by molar-refractivity contribution is 6.05. The molecule has 1 fully saturated rings. The molecule has 4 heteroatoms. The SMILES string of the molecule is CC1CCCC(C2N=C(NC(C)C)NC2=O)C1. The van der Waals surface area contributed by atoms with E-state index in [0.29, 0.717) is 17.9 Å². The van der Waals surface area contributed by atoms with Gasteiger partial charge >= 0.3 is 0 Å². The van der Waals surface area contributed by atoms with Gasteiger partial charge in [-0.15, -0.1) is 0 Å². The molecule has 1 aliphatic heterocycles. The largest absolute Gasteiger partial charge is 0.354 e. The van der Waals surface area contributed by atoms with Crippen LogP contribution in [0.25, 0.3) is 0 Å². The minimum Gasteiger partial charge on any atom is -0.354 e. The molecular weight excluding hydrogens is 214 g/mol. The van der Waals surface area contributed by atoms with Gasteiger partial charge in [0.15, 0.2) is 5.96 Å². The molecule has 17 heavy (non-hydrogen) atoms. The Morgan fingerprint density at radius 1 is 1.41 bits per heavy atom. The summed E-state index contributed by atoms with van der Waals surface area (Å²) in [4.78, 5) is 16.4. The predicted molar refractivity (Wildman–Crippen MR) is 68.8 cm³/mol. The molecule has 0 aromatic carbocycles. The lowest BCUT2D eigenvalue weighted by Crippen LogP contribution is -2.41. The molecule has 0 aromatic heterocycles. The first kappa shape index (κ1) is 12.4. The van der Waals surface area contributed by atoms with E-state index in [4.69, 9.17) is 0 Å². The van der Waals surface area contributed by atoms with Crippen molar-refractivity contribution in [2.24, 2.45) is 16.8 Å². The van der Waals surface area contributed by atoms with Crippen LogP contribution in [0.3, 0.4) is 0 Å². The standard InChI is InChI=1S/C13H23N3O/c1-8(2)14-13-15-11(12(17)16-13)10-6-4-5-9(3)7-10/h8-11H,4-7H2,1-3H3,(H2,14,15,16,17). The van der Waals surface area contributed by atoms with Crippen molar-refractivity contribution in [1.29, 1.82) is 0 Å². The van der Waals surface area contributed by atoms with Gasteiger partial charge in [0.1, 0.15) is 6.04 Å². The zero-order valence-corrected chi connectivity index (χ0v) is 11.0. The predicted octanol–water partition coefficient (Wildman–Crippen LogP) is 1.67. The van der Waals surface area contributed by atoms with Crippen molar-refractivity contribution in [2.75, 3.05) is 0 Å². The van der Waals surface area contributed by atoms with Crippen LogP contribution >= 0.6 is 0 Å². The molecule has 0 bridgehead atoms. The van der Waals surface area contributed by atoms with Crippen LogP contribution in [0.2, 0.25) is 0 Å². The first-order valence-electron chi connectivity index (χ1n) is 6.71. The number of amides is 1. The number of carbonyl (C=O) groups is 1. The van der Waals surface area contributed by atoms with Gasteiger partial charge in [-0.1, -0.05) is 19.8 Å². The fourth-order valence-corrected chi connectivity index (χ4v) is 2.85. The number of hydrogen-bond donors (Lipinski definition) is 2. The summed E-state index contributed by atoms with van der Waals surface area (Å²) in [5.74, 6) is 1.91. The van der Waals surface area contributed by atoms with Crippen molar-refractivity contribution < 1.29 is 4.79 Å². The Bertz CT molecular complexity index is 325. The Hall–Kier alpha value is -1.06. The first-order chi connectivity index (χ1) is 8.06. The van der Waals surface area contributed by atoms with Crippen molar-refractivity contribution in [1.82, 2.24) is 10.6 Å². The highest BCUT2D eigenvalue weighted by Crippen LogP contribution is 2.32. The van der Waals surface area contributed by atoms with E-state index >= 15 is 0 Å². The maximum absolute atomic E-state index is 11.9.